The van der Waals surface area contributed by atoms with Gasteiger partial charge in [0.2, 0.25) is 5.91 Å². The van der Waals surface area contributed by atoms with Crippen LogP contribution in [-0.4, -0.2) is 59.8 Å². The monoisotopic (exact) mass is 345 g/mol. The molecule has 3 fully saturated rings. The number of carbonyl (C=O) groups is 1. The molecule has 0 aromatic carbocycles. The summed E-state index contributed by atoms with van der Waals surface area (Å²) in [7, 11) is 0. The predicted molar refractivity (Wildman–Crippen MR) is 92.5 cm³/mol. The van der Waals surface area contributed by atoms with Crippen LogP contribution in [0.5, 0.6) is 0 Å². The Hall–Kier alpha value is -1.50. The molecule has 1 aromatic heterocycles. The van der Waals surface area contributed by atoms with E-state index in [4.69, 9.17) is 9.57 Å². The summed E-state index contributed by atoms with van der Waals surface area (Å²) in [6, 6.07) is 6.16. The normalized spacial score (nSPS) is 30.3. The molecule has 1 amide bonds. The van der Waals surface area contributed by atoms with Crippen LogP contribution < -0.4 is 0 Å². The average Bonchev–Trinajstić information content (AvgIpc) is 3.15. The minimum atomic E-state index is 0.0186. The van der Waals surface area contributed by atoms with E-state index >= 15 is 0 Å². The zero-order valence-corrected chi connectivity index (χ0v) is 14.9. The summed E-state index contributed by atoms with van der Waals surface area (Å²) in [6.45, 7) is 6.83. The van der Waals surface area contributed by atoms with E-state index in [1.807, 2.05) is 13.0 Å². The van der Waals surface area contributed by atoms with E-state index in [9.17, 15) is 4.79 Å². The van der Waals surface area contributed by atoms with Gasteiger partial charge < -0.3 is 4.74 Å². The standard InChI is InChI=1S/C19H27N3O3/c1-14-4-2-5-15(20-14)12-21-9-6-18-17(13-21)16(7-11-24-18)19(23)22-8-3-10-25-22/h2,4-5,16-18H,3,6-13H2,1H3/t16-,17-,18-/m0/s1. The highest BCUT2D eigenvalue weighted by molar-refractivity contribution is 5.78. The van der Waals surface area contributed by atoms with Gasteiger partial charge in [-0.2, -0.15) is 0 Å². The second-order valence-electron chi connectivity index (χ2n) is 7.39. The third-order valence-corrected chi connectivity index (χ3v) is 5.60. The first-order chi connectivity index (χ1) is 12.2. The highest BCUT2D eigenvalue weighted by Crippen LogP contribution is 2.35. The highest BCUT2D eigenvalue weighted by atomic mass is 16.7. The summed E-state index contributed by atoms with van der Waals surface area (Å²) in [5.41, 5.74) is 2.15. The van der Waals surface area contributed by atoms with Gasteiger partial charge >= 0.3 is 0 Å². The van der Waals surface area contributed by atoms with Gasteiger partial charge in [0, 0.05) is 43.8 Å². The number of carbonyl (C=O) groups excluding carboxylic acids is 1. The maximum atomic E-state index is 12.9. The fourth-order valence-corrected chi connectivity index (χ4v) is 4.36. The Morgan fingerprint density at radius 3 is 3.00 bits per heavy atom. The van der Waals surface area contributed by atoms with Gasteiger partial charge in [0.05, 0.1) is 24.9 Å². The van der Waals surface area contributed by atoms with Gasteiger partial charge in [-0.15, -0.1) is 0 Å². The van der Waals surface area contributed by atoms with Crippen LogP contribution in [0.15, 0.2) is 18.2 Å². The molecule has 0 unspecified atom stereocenters. The molecule has 0 radical (unpaired) electrons. The molecule has 1 aromatic rings. The number of piperidine rings is 1. The first-order valence-electron chi connectivity index (χ1n) is 9.41. The number of hydrogen-bond acceptors (Lipinski definition) is 5. The van der Waals surface area contributed by atoms with Gasteiger partial charge in [0.25, 0.3) is 0 Å². The van der Waals surface area contributed by atoms with Crippen molar-refractivity contribution < 1.29 is 14.4 Å². The van der Waals surface area contributed by atoms with E-state index in [2.05, 4.69) is 22.0 Å². The molecule has 4 rings (SSSR count). The molecule has 6 nitrogen and oxygen atoms in total. The topological polar surface area (TPSA) is 54.9 Å². The van der Waals surface area contributed by atoms with Gasteiger partial charge in [-0.05, 0) is 38.3 Å². The molecule has 136 valence electrons. The van der Waals surface area contributed by atoms with E-state index in [-0.39, 0.29) is 23.8 Å². The molecule has 25 heavy (non-hydrogen) atoms. The number of aryl methyl sites for hydroxylation is 1. The number of hydroxylamine groups is 2. The molecule has 6 heteroatoms. The SMILES string of the molecule is Cc1cccc(CN2CC[C@@H]3OCC[C@H](C(=O)N4CCCO4)[C@@H]3C2)n1. The average molecular weight is 345 g/mol. The Balaban J connectivity index is 1.44. The number of likely N-dealkylation sites (tertiary alicyclic amines) is 1. The molecule has 3 aliphatic rings. The summed E-state index contributed by atoms with van der Waals surface area (Å²) in [5, 5.41) is 1.59. The van der Waals surface area contributed by atoms with Crippen LogP contribution in [0.2, 0.25) is 0 Å². The lowest BCUT2D eigenvalue weighted by atomic mass is 9.79. The second-order valence-corrected chi connectivity index (χ2v) is 7.39. The largest absolute Gasteiger partial charge is 0.378 e. The number of rotatable bonds is 3. The minimum absolute atomic E-state index is 0.0186. The van der Waals surface area contributed by atoms with Gasteiger partial charge in [-0.25, -0.2) is 5.06 Å². The Morgan fingerprint density at radius 2 is 2.20 bits per heavy atom. The molecule has 0 bridgehead atoms. The van der Waals surface area contributed by atoms with Crippen LogP contribution in [-0.2, 0) is 20.9 Å². The van der Waals surface area contributed by atoms with Gasteiger partial charge in [0.1, 0.15) is 0 Å². The molecular weight excluding hydrogens is 318 g/mol. The third kappa shape index (κ3) is 3.71. The zero-order chi connectivity index (χ0) is 17.2. The van der Waals surface area contributed by atoms with Crippen LogP contribution in [0, 0.1) is 18.8 Å². The fraction of sp³-hybridized carbons (Fsp3) is 0.684. The number of amides is 1. The van der Waals surface area contributed by atoms with Gasteiger partial charge in [0.15, 0.2) is 0 Å². The Kier molecular flexibility index (Phi) is 5.01. The van der Waals surface area contributed by atoms with Crippen LogP contribution in [0.3, 0.4) is 0 Å². The van der Waals surface area contributed by atoms with Crippen molar-refractivity contribution in [2.24, 2.45) is 11.8 Å². The van der Waals surface area contributed by atoms with Crippen molar-refractivity contribution in [2.45, 2.75) is 38.8 Å². The van der Waals surface area contributed by atoms with Crippen molar-refractivity contribution in [1.82, 2.24) is 14.9 Å². The summed E-state index contributed by atoms with van der Waals surface area (Å²) in [5.74, 6) is 0.431. The first-order valence-corrected chi connectivity index (χ1v) is 9.41. The van der Waals surface area contributed by atoms with E-state index < -0.39 is 0 Å². The number of hydrogen-bond donors (Lipinski definition) is 0. The van der Waals surface area contributed by atoms with Crippen molar-refractivity contribution in [3.63, 3.8) is 0 Å². The van der Waals surface area contributed by atoms with Crippen molar-refractivity contribution in [2.75, 3.05) is 32.8 Å². The van der Waals surface area contributed by atoms with E-state index in [1.165, 1.54) is 0 Å². The van der Waals surface area contributed by atoms with Crippen molar-refractivity contribution >= 4 is 5.91 Å². The zero-order valence-electron chi connectivity index (χ0n) is 14.9. The summed E-state index contributed by atoms with van der Waals surface area (Å²) >= 11 is 0. The van der Waals surface area contributed by atoms with Crippen LogP contribution in [0.25, 0.3) is 0 Å². The minimum Gasteiger partial charge on any atom is -0.378 e. The lowest BCUT2D eigenvalue weighted by Gasteiger charge is -2.45. The highest BCUT2D eigenvalue weighted by Gasteiger charge is 2.43. The second kappa shape index (κ2) is 7.40. The lowest BCUT2D eigenvalue weighted by Crippen LogP contribution is -2.53. The van der Waals surface area contributed by atoms with Crippen molar-refractivity contribution in [3.05, 3.63) is 29.6 Å². The molecule has 0 aliphatic carbocycles. The number of fused-ring (bicyclic) bond motifs is 1. The Bertz CT molecular complexity index is 618. The quantitative estimate of drug-likeness (QED) is 0.836. The number of ether oxygens (including phenoxy) is 1. The fourth-order valence-electron chi connectivity index (χ4n) is 4.36. The number of nitrogens with zero attached hydrogens (tertiary/aromatic N) is 3. The maximum absolute atomic E-state index is 12.9. The van der Waals surface area contributed by atoms with Crippen LogP contribution in [0.4, 0.5) is 0 Å². The molecule has 0 N–H and O–H groups in total. The summed E-state index contributed by atoms with van der Waals surface area (Å²) in [4.78, 5) is 25.4. The summed E-state index contributed by atoms with van der Waals surface area (Å²) < 4.78 is 5.99. The molecule has 0 saturated carbocycles. The molecule has 3 saturated heterocycles. The summed E-state index contributed by atoms with van der Waals surface area (Å²) in [6.07, 6.45) is 2.93. The Labute approximate surface area is 149 Å². The van der Waals surface area contributed by atoms with E-state index in [0.29, 0.717) is 13.2 Å². The molecule has 3 aliphatic heterocycles. The van der Waals surface area contributed by atoms with Gasteiger partial charge in [-0.3, -0.25) is 19.5 Å². The lowest BCUT2D eigenvalue weighted by molar-refractivity contribution is -0.185. The predicted octanol–water partition coefficient (Wildman–Crippen LogP) is 1.78. The van der Waals surface area contributed by atoms with Crippen molar-refractivity contribution in [3.8, 4) is 0 Å². The number of aromatic nitrogens is 1. The third-order valence-electron chi connectivity index (χ3n) is 5.60. The smallest absolute Gasteiger partial charge is 0.249 e. The maximum Gasteiger partial charge on any atom is 0.249 e. The molecule has 4 heterocycles. The van der Waals surface area contributed by atoms with Crippen LogP contribution in [0.1, 0.15) is 30.7 Å². The van der Waals surface area contributed by atoms with Crippen molar-refractivity contribution in [1.29, 1.82) is 0 Å². The number of pyridine rings is 1. The van der Waals surface area contributed by atoms with Crippen LogP contribution >= 0.6 is 0 Å². The van der Waals surface area contributed by atoms with E-state index in [0.717, 1.165) is 56.8 Å². The molecular formula is C19H27N3O3. The molecule has 3 atom stereocenters. The first kappa shape index (κ1) is 16.9. The molecule has 0 spiro atoms. The van der Waals surface area contributed by atoms with E-state index in [1.54, 1.807) is 5.06 Å². The van der Waals surface area contributed by atoms with Gasteiger partial charge in [-0.1, -0.05) is 6.07 Å². The Morgan fingerprint density at radius 1 is 1.28 bits per heavy atom.